The molecule has 0 saturated carbocycles. The smallest absolute Gasteiger partial charge is 0.244 e. The van der Waals surface area contributed by atoms with E-state index in [4.69, 9.17) is 9.15 Å². The van der Waals surface area contributed by atoms with Crippen LogP contribution in [-0.2, 0) is 32.6 Å². The number of fused-ring (bicyclic) bond motifs is 2. The largest absolute Gasteiger partial charge is 0.464 e. The number of carbonyl (C=O) groups excluding carboxylic acids is 1. The first-order valence-electron chi connectivity index (χ1n) is 14.4. The number of benzene rings is 4. The number of halogens is 1. The van der Waals surface area contributed by atoms with Gasteiger partial charge in [-0.1, -0.05) is 60.7 Å². The predicted octanol–water partition coefficient (Wildman–Crippen LogP) is 5.48. The van der Waals surface area contributed by atoms with Crippen LogP contribution >= 0.6 is 0 Å². The lowest BCUT2D eigenvalue weighted by Crippen LogP contribution is -2.45. The van der Waals surface area contributed by atoms with Gasteiger partial charge in [0.05, 0.1) is 41.3 Å². The van der Waals surface area contributed by atoms with Gasteiger partial charge in [0.2, 0.25) is 15.9 Å². The van der Waals surface area contributed by atoms with E-state index >= 15 is 0 Å². The molecule has 1 aliphatic heterocycles. The van der Waals surface area contributed by atoms with E-state index in [0.29, 0.717) is 34.9 Å². The van der Waals surface area contributed by atoms with Crippen LogP contribution in [0, 0.1) is 5.82 Å². The van der Waals surface area contributed by atoms with Crippen molar-refractivity contribution >= 4 is 37.7 Å². The molecule has 0 aliphatic carbocycles. The van der Waals surface area contributed by atoms with Gasteiger partial charge in [-0.2, -0.15) is 4.31 Å². The number of nitrogens with zero attached hydrogens (tertiary/aromatic N) is 2. The maximum absolute atomic E-state index is 14.2. The van der Waals surface area contributed by atoms with Gasteiger partial charge in [0.25, 0.3) is 0 Å². The molecule has 1 aliphatic rings. The van der Waals surface area contributed by atoms with Crippen LogP contribution in [0.25, 0.3) is 21.7 Å². The number of carbonyl (C=O) groups is 1. The summed E-state index contributed by atoms with van der Waals surface area (Å²) in [7, 11) is -4.16. The molecule has 226 valence electrons. The fourth-order valence-corrected chi connectivity index (χ4v) is 7.18. The van der Waals surface area contributed by atoms with Crippen LogP contribution in [0.1, 0.15) is 24.0 Å². The molecular weight excluding hydrogens is 583 g/mol. The topological polar surface area (TPSA) is 97.1 Å². The second-order valence-electron chi connectivity index (χ2n) is 10.9. The molecule has 0 radical (unpaired) electrons. The van der Waals surface area contributed by atoms with Crippen LogP contribution in [0.4, 0.5) is 4.39 Å². The van der Waals surface area contributed by atoms with Crippen molar-refractivity contribution in [1.29, 1.82) is 0 Å². The lowest BCUT2D eigenvalue weighted by molar-refractivity contribution is -0.132. The van der Waals surface area contributed by atoms with Gasteiger partial charge >= 0.3 is 0 Å². The zero-order valence-corrected chi connectivity index (χ0v) is 24.7. The van der Waals surface area contributed by atoms with Crippen molar-refractivity contribution in [1.82, 2.24) is 9.21 Å². The third-order valence-corrected chi connectivity index (χ3v) is 9.73. The van der Waals surface area contributed by atoms with Crippen molar-refractivity contribution < 1.29 is 26.8 Å². The minimum Gasteiger partial charge on any atom is -0.464 e. The third-order valence-electron chi connectivity index (χ3n) is 7.86. The average Bonchev–Trinajstić information content (AvgIpc) is 3.55. The number of para-hydroxylation sites is 1. The molecule has 44 heavy (non-hydrogen) atoms. The Morgan fingerprint density at radius 3 is 2.39 bits per heavy atom. The van der Waals surface area contributed by atoms with Crippen LogP contribution in [0.5, 0.6) is 0 Å². The standard InChI is InChI=1S/C34H31FN2O6S/c35-27-16-14-24(15-17-27)19-36(20-26-23-43-31-12-4-3-11-30(31)34(26)39)33(38)22-37(21-28-9-6-18-42-28)44(40,41)32-13-5-8-25-7-1-2-10-29(25)32/h1-5,7-8,10-17,23,28H,6,9,18-22H2. The average molecular weight is 615 g/mol. The molecule has 10 heteroatoms. The molecular formula is C34H31FN2O6S. The molecule has 0 spiro atoms. The summed E-state index contributed by atoms with van der Waals surface area (Å²) < 4.78 is 54.8. The number of hydrogen-bond acceptors (Lipinski definition) is 6. The number of rotatable bonds is 10. The van der Waals surface area contributed by atoms with Crippen LogP contribution in [0.3, 0.4) is 0 Å². The molecule has 0 bridgehead atoms. The minimum absolute atomic E-state index is 0.000202. The molecule has 1 aromatic heterocycles. The first-order valence-corrected chi connectivity index (χ1v) is 15.8. The van der Waals surface area contributed by atoms with Crippen LogP contribution in [-0.4, -0.2) is 49.3 Å². The normalized spacial score (nSPS) is 15.3. The molecule has 0 N–H and O–H groups in total. The summed E-state index contributed by atoms with van der Waals surface area (Å²) in [5.74, 6) is -0.950. The summed E-state index contributed by atoms with van der Waals surface area (Å²) >= 11 is 0. The Bertz CT molecular complexity index is 1960. The fourth-order valence-electron chi connectivity index (χ4n) is 5.55. The summed E-state index contributed by atoms with van der Waals surface area (Å²) in [6.45, 7) is -0.0700. The highest BCUT2D eigenvalue weighted by molar-refractivity contribution is 7.89. The molecule has 4 aromatic carbocycles. The summed E-state index contributed by atoms with van der Waals surface area (Å²) in [6, 6.07) is 24.8. The predicted molar refractivity (Wildman–Crippen MR) is 165 cm³/mol. The van der Waals surface area contributed by atoms with Crippen LogP contribution < -0.4 is 5.43 Å². The summed E-state index contributed by atoms with van der Waals surface area (Å²) in [6.07, 6.45) is 2.44. The van der Waals surface area contributed by atoms with Gasteiger partial charge in [-0.25, -0.2) is 12.8 Å². The van der Waals surface area contributed by atoms with Crippen LogP contribution in [0.15, 0.2) is 111 Å². The van der Waals surface area contributed by atoms with Gasteiger partial charge in [0.1, 0.15) is 11.4 Å². The summed E-state index contributed by atoms with van der Waals surface area (Å²) in [5, 5.41) is 1.69. The van der Waals surface area contributed by atoms with E-state index in [1.807, 2.05) is 18.2 Å². The Morgan fingerprint density at radius 2 is 1.61 bits per heavy atom. The second-order valence-corrected chi connectivity index (χ2v) is 12.8. The summed E-state index contributed by atoms with van der Waals surface area (Å²) in [4.78, 5) is 28.9. The molecule has 6 rings (SSSR count). The number of amides is 1. The van der Waals surface area contributed by atoms with E-state index in [1.54, 1.807) is 60.7 Å². The summed E-state index contributed by atoms with van der Waals surface area (Å²) in [5.41, 5.74) is 0.985. The van der Waals surface area contributed by atoms with Crippen molar-refractivity contribution in [3.63, 3.8) is 0 Å². The SMILES string of the molecule is O=C(CN(CC1CCCO1)S(=O)(=O)c1cccc2ccccc12)N(Cc1ccc(F)cc1)Cc1coc2ccccc2c1=O. The van der Waals surface area contributed by atoms with E-state index in [-0.39, 0.29) is 41.6 Å². The van der Waals surface area contributed by atoms with Gasteiger partial charge in [-0.3, -0.25) is 9.59 Å². The van der Waals surface area contributed by atoms with Gasteiger partial charge < -0.3 is 14.1 Å². The van der Waals surface area contributed by atoms with E-state index < -0.39 is 28.3 Å². The molecule has 1 fully saturated rings. The van der Waals surface area contributed by atoms with Crippen molar-refractivity contribution in [2.45, 2.75) is 36.9 Å². The molecule has 1 amide bonds. The van der Waals surface area contributed by atoms with Gasteiger partial charge in [0.15, 0.2) is 5.43 Å². The van der Waals surface area contributed by atoms with Crippen molar-refractivity contribution in [3.8, 4) is 0 Å². The molecule has 8 nitrogen and oxygen atoms in total. The van der Waals surface area contributed by atoms with E-state index in [9.17, 15) is 22.4 Å². The highest BCUT2D eigenvalue weighted by atomic mass is 32.2. The molecule has 1 saturated heterocycles. The first-order chi connectivity index (χ1) is 21.3. The van der Waals surface area contributed by atoms with E-state index in [2.05, 4.69) is 0 Å². The van der Waals surface area contributed by atoms with E-state index in [0.717, 1.165) is 11.8 Å². The zero-order chi connectivity index (χ0) is 30.7. The minimum atomic E-state index is -4.16. The second kappa shape index (κ2) is 12.7. The number of ether oxygens (including phenoxy) is 1. The number of hydrogen-bond donors (Lipinski definition) is 0. The number of sulfonamides is 1. The molecule has 2 heterocycles. The van der Waals surface area contributed by atoms with Gasteiger partial charge in [0, 0.05) is 25.1 Å². The Labute approximate surface area is 254 Å². The molecule has 1 atom stereocenters. The van der Waals surface area contributed by atoms with Gasteiger partial charge in [-0.15, -0.1) is 0 Å². The third kappa shape index (κ3) is 6.28. The van der Waals surface area contributed by atoms with Crippen molar-refractivity contribution in [2.75, 3.05) is 19.7 Å². The van der Waals surface area contributed by atoms with Crippen molar-refractivity contribution in [2.24, 2.45) is 0 Å². The fraction of sp³-hybridized carbons (Fsp3) is 0.235. The monoisotopic (exact) mass is 614 g/mol. The maximum Gasteiger partial charge on any atom is 0.244 e. The van der Waals surface area contributed by atoms with Crippen molar-refractivity contribution in [3.05, 3.63) is 124 Å². The van der Waals surface area contributed by atoms with Gasteiger partial charge in [-0.05, 0) is 54.1 Å². The van der Waals surface area contributed by atoms with Crippen LogP contribution in [0.2, 0.25) is 0 Å². The lowest BCUT2D eigenvalue weighted by atomic mass is 10.1. The Kier molecular flexibility index (Phi) is 8.56. The Morgan fingerprint density at radius 1 is 0.886 bits per heavy atom. The van der Waals surface area contributed by atoms with E-state index in [1.165, 1.54) is 27.6 Å². The molecule has 1 unspecified atom stereocenters. The lowest BCUT2D eigenvalue weighted by Gasteiger charge is -2.29. The highest BCUT2D eigenvalue weighted by Crippen LogP contribution is 2.27. The first kappa shape index (κ1) is 29.7. The zero-order valence-electron chi connectivity index (χ0n) is 23.9. The highest BCUT2D eigenvalue weighted by Gasteiger charge is 2.33. The maximum atomic E-state index is 14.2. The quantitative estimate of drug-likeness (QED) is 0.207. The Balaban J connectivity index is 1.36. The Hall–Kier alpha value is -4.38. The molecule has 5 aromatic rings.